The number of carbonyl (C=O) groups excluding carboxylic acids is 7. The number of rotatable bonds is 25. The minimum Gasteiger partial charge on any atom is -0.496 e. The van der Waals surface area contributed by atoms with Crippen LogP contribution >= 0.6 is 23.2 Å². The molecule has 7 amide bonds. The molecule has 6 fully saturated rings. The van der Waals surface area contributed by atoms with Crippen LogP contribution in [0.5, 0.6) is 23.0 Å². The minimum absolute atomic E-state index is 0. The third kappa shape index (κ3) is 22.9. The molecule has 10 atom stereocenters. The molecule has 29 heteroatoms. The van der Waals surface area contributed by atoms with Crippen molar-refractivity contribution in [1.82, 2.24) is 25.8 Å². The van der Waals surface area contributed by atoms with Gasteiger partial charge in [-0.05, 0) is 85.2 Å². The number of oxime groups is 2. The summed E-state index contributed by atoms with van der Waals surface area (Å²) in [4.78, 5) is 119. The van der Waals surface area contributed by atoms with Gasteiger partial charge in [0.1, 0.15) is 53.3 Å². The number of aliphatic hydroxyl groups is 2. The Morgan fingerprint density at radius 1 is 0.552 bits per heavy atom. The van der Waals surface area contributed by atoms with Crippen molar-refractivity contribution < 1.29 is 82.3 Å². The molecule has 8 aliphatic rings. The summed E-state index contributed by atoms with van der Waals surface area (Å²) in [5.41, 5.74) is 14.6. The zero-order valence-electron chi connectivity index (χ0n) is 61.5. The quantitative estimate of drug-likeness (QED) is 0.0419. The van der Waals surface area contributed by atoms with E-state index >= 15 is 0 Å². The van der Waals surface area contributed by atoms with Gasteiger partial charge in [0.2, 0.25) is 41.4 Å². The highest BCUT2D eigenvalue weighted by molar-refractivity contribution is 6.33. The van der Waals surface area contributed by atoms with Crippen LogP contribution in [0, 0.1) is 34.5 Å². The number of halogens is 2. The Balaban J connectivity index is 0.000000286. The number of hydrogen-bond donors (Lipinski definition) is 9. The largest absolute Gasteiger partial charge is 0.496 e. The second-order valence-electron chi connectivity index (χ2n) is 31.8. The molecule has 588 valence electrons. The lowest BCUT2D eigenvalue weighted by Crippen LogP contribution is -2.59. The summed E-state index contributed by atoms with van der Waals surface area (Å²) in [7, 11) is 6.05. The molecule has 4 saturated carbocycles. The first-order valence-electron chi connectivity index (χ1n) is 36.4. The van der Waals surface area contributed by atoms with E-state index in [1.54, 1.807) is 24.3 Å². The maximum Gasteiger partial charge on any atom is 0.326 e. The number of ether oxygens (including phenoxy) is 4. The summed E-state index contributed by atoms with van der Waals surface area (Å²) < 4.78 is 21.8. The van der Waals surface area contributed by atoms with E-state index in [1.807, 2.05) is 41.5 Å². The van der Waals surface area contributed by atoms with Gasteiger partial charge in [-0.2, -0.15) is 0 Å². The van der Waals surface area contributed by atoms with Gasteiger partial charge in [0, 0.05) is 67.8 Å². The molecule has 4 aliphatic carbocycles. The third-order valence-electron chi connectivity index (χ3n) is 21.2. The van der Waals surface area contributed by atoms with Crippen LogP contribution in [0.2, 0.25) is 10.0 Å². The van der Waals surface area contributed by atoms with Crippen LogP contribution in [-0.2, 0) is 48.0 Å². The van der Waals surface area contributed by atoms with Crippen LogP contribution in [0.25, 0.3) is 0 Å². The average Bonchev–Trinajstić information content (AvgIpc) is 1.63. The number of methoxy groups -OCH3 is 4. The fourth-order valence-corrected chi connectivity index (χ4v) is 15.5. The monoisotopic (exact) mass is 1510 g/mol. The van der Waals surface area contributed by atoms with Crippen molar-refractivity contribution in [3.63, 3.8) is 0 Å². The number of amides is 7. The van der Waals surface area contributed by atoms with Crippen LogP contribution in [0.1, 0.15) is 222 Å². The molecule has 105 heavy (non-hydrogen) atoms. The van der Waals surface area contributed by atoms with E-state index in [4.69, 9.17) is 74.1 Å². The third-order valence-corrected chi connectivity index (χ3v) is 21.8. The number of aliphatic hydroxyl groups excluding tert-OH is 2. The molecule has 12 N–H and O–H groups in total. The fraction of sp³-hybridized carbons (Fsp3) is 0.711. The van der Waals surface area contributed by atoms with E-state index in [2.05, 4.69) is 26.3 Å². The predicted molar refractivity (Wildman–Crippen MR) is 400 cm³/mol. The molecule has 4 aliphatic heterocycles. The van der Waals surface area contributed by atoms with Gasteiger partial charge < -0.3 is 86.9 Å². The zero-order valence-corrected chi connectivity index (χ0v) is 63.0. The first-order valence-corrected chi connectivity index (χ1v) is 37.2. The molecular formula is C76H118Cl2N10O17. The standard InChI is InChI=1S/C37H54ClN5O8.C30H42ClN3O7.C7H14N2O2.2CH4/c1-36(2,3)32(41-30(44)15-21-10-8-6-7-9-11-21)35(48)43-20-37(18-26(42-51-37)23-16-24(38)29(50-5)17-28(23)49-4)19-27(43)34(47)40-25(14-22-12-13-22)31(45)33(39)46;1-29(2,3)26(32-25(35)12-18-10-8-6-7-9-11-18)27(36)34-17-30(16-22(34)28(37)38)15-21(33-41-30)19-13-20(31)24(40-5)14-23(19)39-4;8-5(3-4-1-2-4)6(10)7(9)11;;/h16-17,21-22,25,27,31-32,45H,6-15,18-20H2,1-5H3,(H2,39,46)(H,40,47)(H,41,44);13-14,18,22,26H,6-12,15-17H2,1-5H3,(H,32,35)(H,37,38);4-6,10H,1-3,8H2,(H2,9,11);2*1H4/t25-,27-,31?,32+,37+;22-,26+,30+;5-,6?;;/m000../s1. The number of nitrogens with one attached hydrogen (secondary N) is 3. The summed E-state index contributed by atoms with van der Waals surface area (Å²) in [6.07, 6.45) is 17.0. The molecule has 4 heterocycles. The summed E-state index contributed by atoms with van der Waals surface area (Å²) in [5.74, 6) is -1.31. The van der Waals surface area contributed by atoms with Gasteiger partial charge in [0.05, 0.1) is 69.0 Å². The zero-order chi connectivity index (χ0) is 75.5. The van der Waals surface area contributed by atoms with E-state index in [9.17, 15) is 48.6 Å². The van der Waals surface area contributed by atoms with Crippen LogP contribution in [-0.4, -0.2) is 185 Å². The molecule has 2 saturated heterocycles. The van der Waals surface area contributed by atoms with Crippen molar-refractivity contribution in [3.05, 3.63) is 45.4 Å². The first-order chi connectivity index (χ1) is 48.6. The molecule has 2 spiro atoms. The molecule has 10 rings (SSSR count). The first kappa shape index (κ1) is 86.7. The number of carbonyl (C=O) groups is 8. The second-order valence-corrected chi connectivity index (χ2v) is 32.6. The van der Waals surface area contributed by atoms with Crippen LogP contribution < -0.4 is 52.1 Å². The lowest BCUT2D eigenvalue weighted by molar-refractivity contribution is -0.150. The smallest absolute Gasteiger partial charge is 0.326 e. The topological polar surface area (TPSA) is 398 Å². The van der Waals surface area contributed by atoms with Crippen molar-refractivity contribution in [1.29, 1.82) is 0 Å². The Hall–Kier alpha value is -7.20. The fourth-order valence-electron chi connectivity index (χ4n) is 15.0. The minimum atomic E-state index is -1.59. The number of nitrogens with two attached hydrogens (primary N) is 3. The summed E-state index contributed by atoms with van der Waals surface area (Å²) in [6.45, 7) is 11.3. The number of carboxylic acid groups (broad SMARTS) is 1. The summed E-state index contributed by atoms with van der Waals surface area (Å²) in [5, 5.41) is 48.1. The van der Waals surface area contributed by atoms with Crippen molar-refractivity contribution >= 4 is 81.9 Å². The number of hydrogen-bond acceptors (Lipinski definition) is 19. The van der Waals surface area contributed by atoms with Gasteiger partial charge >= 0.3 is 5.97 Å². The van der Waals surface area contributed by atoms with Crippen LogP contribution in [0.4, 0.5) is 0 Å². The average molecular weight is 1510 g/mol. The number of benzene rings is 2. The number of carboxylic acids is 1. The number of likely N-dealkylation sites (tertiary alicyclic amines) is 2. The lowest BCUT2D eigenvalue weighted by Gasteiger charge is -2.36. The van der Waals surface area contributed by atoms with Gasteiger partial charge in [0.15, 0.2) is 17.3 Å². The van der Waals surface area contributed by atoms with Crippen molar-refractivity contribution in [2.45, 2.75) is 270 Å². The maximum atomic E-state index is 14.7. The van der Waals surface area contributed by atoms with Gasteiger partial charge in [-0.1, -0.05) is 167 Å². The highest BCUT2D eigenvalue weighted by Crippen LogP contribution is 2.46. The Morgan fingerprint density at radius 3 is 1.28 bits per heavy atom. The lowest BCUT2D eigenvalue weighted by atomic mass is 9.85. The van der Waals surface area contributed by atoms with E-state index in [-0.39, 0.29) is 77.3 Å². The summed E-state index contributed by atoms with van der Waals surface area (Å²) >= 11 is 12.8. The highest BCUT2D eigenvalue weighted by Gasteiger charge is 2.58. The van der Waals surface area contributed by atoms with E-state index in [0.717, 1.165) is 64.2 Å². The van der Waals surface area contributed by atoms with E-state index in [0.29, 0.717) is 93.1 Å². The van der Waals surface area contributed by atoms with Gasteiger partial charge in [0.25, 0.3) is 0 Å². The molecule has 2 aromatic rings. The highest BCUT2D eigenvalue weighted by atomic mass is 35.5. The van der Waals surface area contributed by atoms with Gasteiger partial charge in [-0.3, -0.25) is 33.6 Å². The van der Waals surface area contributed by atoms with Gasteiger partial charge in [-0.15, -0.1) is 0 Å². The maximum absolute atomic E-state index is 14.7. The van der Waals surface area contributed by atoms with Crippen molar-refractivity contribution in [2.24, 2.45) is 62.0 Å². The Morgan fingerprint density at radius 2 is 0.924 bits per heavy atom. The predicted octanol–water partition coefficient (Wildman–Crippen LogP) is 8.87. The van der Waals surface area contributed by atoms with Crippen molar-refractivity contribution in [2.75, 3.05) is 41.5 Å². The van der Waals surface area contributed by atoms with Crippen LogP contribution in [0.15, 0.2) is 34.6 Å². The van der Waals surface area contributed by atoms with Crippen LogP contribution in [0.3, 0.4) is 0 Å². The van der Waals surface area contributed by atoms with E-state index in [1.165, 1.54) is 76.8 Å². The Bertz CT molecular complexity index is 3430. The molecule has 0 aromatic heterocycles. The Kier molecular flexibility index (Phi) is 31.0. The SMILES string of the molecule is C.C.COc1cc(OC)c(C2=NO[C@]3(C2)C[C@@H](C(=O)N[C@@H](CC2CC2)C(O)C(N)=O)N(C(=O)[C@@H](NC(=O)CC2CCCCCC2)C(C)(C)C)C3)cc1Cl.COc1cc(OC)c(C2=NO[C@]3(C2)C[C@@H](C(=O)O)N(C(=O)[C@@H](NC(=O)CC2CCCCCC2)C(C)(C)C)C3)cc1Cl.NC(=O)C(O)[C@@H](N)CC1CC1. The second kappa shape index (κ2) is 37.6. The number of nitrogens with zero attached hydrogens (tertiary/aromatic N) is 4. The molecule has 2 aromatic carbocycles. The molecular weight excluding hydrogens is 1400 g/mol. The molecule has 27 nitrogen and oxygen atoms in total. The molecule has 0 radical (unpaired) electrons. The van der Waals surface area contributed by atoms with E-state index < -0.39 is 106 Å². The van der Waals surface area contributed by atoms with Gasteiger partial charge in [-0.25, -0.2) is 4.79 Å². The number of primary amides is 2. The normalized spacial score (nSPS) is 23.5. The number of aliphatic carboxylic acids is 1. The molecule has 2 unspecified atom stereocenters. The van der Waals surface area contributed by atoms with Crippen molar-refractivity contribution in [3.8, 4) is 23.0 Å². The summed E-state index contributed by atoms with van der Waals surface area (Å²) in [6, 6.07) is 1.25. The molecule has 0 bridgehead atoms. The Labute approximate surface area is 629 Å².